The van der Waals surface area contributed by atoms with Crippen molar-refractivity contribution in [1.82, 2.24) is 10.2 Å². The van der Waals surface area contributed by atoms with Gasteiger partial charge in [-0.25, -0.2) is 4.39 Å². The second kappa shape index (κ2) is 5.96. The number of nitrogens with one attached hydrogen (secondary N) is 1. The predicted molar refractivity (Wildman–Crippen MR) is 68.4 cm³/mol. The van der Waals surface area contributed by atoms with Gasteiger partial charge in [-0.05, 0) is 24.1 Å². The van der Waals surface area contributed by atoms with E-state index in [9.17, 15) is 9.18 Å². The molecule has 1 saturated heterocycles. The summed E-state index contributed by atoms with van der Waals surface area (Å²) in [6.07, 6.45) is 3.06. The van der Waals surface area contributed by atoms with E-state index in [1.54, 1.807) is 6.07 Å². The van der Waals surface area contributed by atoms with Crippen molar-refractivity contribution in [2.24, 2.45) is 0 Å². The van der Waals surface area contributed by atoms with Gasteiger partial charge in [0.15, 0.2) is 0 Å². The fourth-order valence-corrected chi connectivity index (χ4v) is 2.30. The number of hydrogen-bond acceptors (Lipinski definition) is 2. The average molecular weight is 250 g/mol. The molecule has 1 amide bonds. The number of benzene rings is 1. The van der Waals surface area contributed by atoms with Crippen molar-refractivity contribution in [3.8, 4) is 0 Å². The maximum atomic E-state index is 13.2. The maximum absolute atomic E-state index is 13.2. The second-order valence-electron chi connectivity index (χ2n) is 4.63. The number of amides is 1. The van der Waals surface area contributed by atoms with Crippen molar-refractivity contribution in [2.45, 2.75) is 32.4 Å². The first-order chi connectivity index (χ1) is 8.72. The van der Waals surface area contributed by atoms with E-state index < -0.39 is 0 Å². The van der Waals surface area contributed by atoms with E-state index in [2.05, 4.69) is 12.2 Å². The molecule has 1 aromatic rings. The number of rotatable bonds is 5. The van der Waals surface area contributed by atoms with Crippen LogP contribution in [0.4, 0.5) is 4.39 Å². The largest absolute Gasteiger partial charge is 0.322 e. The average Bonchev–Trinajstić information content (AvgIpc) is 2.72. The highest BCUT2D eigenvalue weighted by atomic mass is 19.1. The molecule has 1 N–H and O–H groups in total. The zero-order chi connectivity index (χ0) is 13.0. The molecule has 1 atom stereocenters. The SMILES string of the molecule is CCCCCN1C(=O)CNC1c1cccc(F)c1. The highest BCUT2D eigenvalue weighted by Crippen LogP contribution is 2.23. The Morgan fingerprint density at radius 2 is 2.28 bits per heavy atom. The monoisotopic (exact) mass is 250 g/mol. The molecule has 98 valence electrons. The third kappa shape index (κ3) is 2.88. The van der Waals surface area contributed by atoms with E-state index in [0.29, 0.717) is 6.54 Å². The van der Waals surface area contributed by atoms with Crippen LogP contribution in [0.5, 0.6) is 0 Å². The lowest BCUT2D eigenvalue weighted by Crippen LogP contribution is -2.31. The van der Waals surface area contributed by atoms with Gasteiger partial charge in [-0.15, -0.1) is 0 Å². The van der Waals surface area contributed by atoms with Gasteiger partial charge in [0.1, 0.15) is 12.0 Å². The summed E-state index contributed by atoms with van der Waals surface area (Å²) in [6, 6.07) is 6.44. The van der Waals surface area contributed by atoms with E-state index in [1.807, 2.05) is 11.0 Å². The van der Waals surface area contributed by atoms with Crippen molar-refractivity contribution < 1.29 is 9.18 Å². The van der Waals surface area contributed by atoms with E-state index in [1.165, 1.54) is 12.1 Å². The maximum Gasteiger partial charge on any atom is 0.238 e. The van der Waals surface area contributed by atoms with Crippen LogP contribution >= 0.6 is 0 Å². The number of carbonyl (C=O) groups excluding carboxylic acids is 1. The summed E-state index contributed by atoms with van der Waals surface area (Å²) in [7, 11) is 0. The number of unbranched alkanes of at least 4 members (excludes halogenated alkanes) is 2. The van der Waals surface area contributed by atoms with Crippen LogP contribution in [0.2, 0.25) is 0 Å². The summed E-state index contributed by atoms with van der Waals surface area (Å²) in [6.45, 7) is 3.21. The first kappa shape index (κ1) is 13.0. The van der Waals surface area contributed by atoms with Crippen LogP contribution in [-0.4, -0.2) is 23.9 Å². The summed E-state index contributed by atoms with van der Waals surface area (Å²) in [5.74, 6) is -0.164. The lowest BCUT2D eigenvalue weighted by molar-refractivity contribution is -0.128. The summed E-state index contributed by atoms with van der Waals surface area (Å²) >= 11 is 0. The van der Waals surface area contributed by atoms with E-state index in [-0.39, 0.29) is 17.9 Å². The minimum absolute atomic E-state index is 0.0976. The summed E-state index contributed by atoms with van der Waals surface area (Å²) in [5, 5.41) is 3.14. The van der Waals surface area contributed by atoms with E-state index in [4.69, 9.17) is 0 Å². The van der Waals surface area contributed by atoms with Crippen LogP contribution in [0.25, 0.3) is 0 Å². The molecule has 4 heteroatoms. The fraction of sp³-hybridized carbons (Fsp3) is 0.500. The first-order valence-corrected chi connectivity index (χ1v) is 6.50. The third-order valence-electron chi connectivity index (χ3n) is 3.25. The van der Waals surface area contributed by atoms with Crippen LogP contribution in [0.1, 0.15) is 37.9 Å². The molecule has 0 radical (unpaired) electrons. The van der Waals surface area contributed by atoms with Crippen molar-refractivity contribution in [2.75, 3.05) is 13.1 Å². The summed E-state index contributed by atoms with van der Waals surface area (Å²) in [5.41, 5.74) is 0.817. The molecule has 1 aliphatic rings. The van der Waals surface area contributed by atoms with Crippen molar-refractivity contribution in [3.63, 3.8) is 0 Å². The number of carbonyl (C=O) groups is 1. The predicted octanol–water partition coefficient (Wildman–Crippen LogP) is 2.45. The quantitative estimate of drug-likeness (QED) is 0.814. The third-order valence-corrected chi connectivity index (χ3v) is 3.25. The highest BCUT2D eigenvalue weighted by Gasteiger charge is 2.30. The summed E-state index contributed by atoms with van der Waals surface area (Å²) in [4.78, 5) is 13.6. The molecule has 0 spiro atoms. The molecule has 0 saturated carbocycles. The zero-order valence-electron chi connectivity index (χ0n) is 10.7. The Morgan fingerprint density at radius 3 is 3.00 bits per heavy atom. The zero-order valence-corrected chi connectivity index (χ0v) is 10.7. The lowest BCUT2D eigenvalue weighted by Gasteiger charge is -2.24. The van der Waals surface area contributed by atoms with Crippen LogP contribution in [0.3, 0.4) is 0 Å². The molecule has 1 fully saturated rings. The molecule has 1 unspecified atom stereocenters. The minimum Gasteiger partial charge on any atom is -0.322 e. The molecule has 0 aromatic heterocycles. The molecule has 0 aliphatic carbocycles. The second-order valence-corrected chi connectivity index (χ2v) is 4.63. The Hall–Kier alpha value is -1.42. The number of hydrogen-bond donors (Lipinski definition) is 1. The van der Waals surface area contributed by atoms with Gasteiger partial charge in [-0.1, -0.05) is 31.9 Å². The molecule has 1 aliphatic heterocycles. The van der Waals surface area contributed by atoms with Crippen LogP contribution in [0.15, 0.2) is 24.3 Å². The van der Waals surface area contributed by atoms with E-state index >= 15 is 0 Å². The highest BCUT2D eigenvalue weighted by molar-refractivity contribution is 5.80. The lowest BCUT2D eigenvalue weighted by atomic mass is 10.1. The minimum atomic E-state index is -0.262. The van der Waals surface area contributed by atoms with Gasteiger partial charge in [0.2, 0.25) is 5.91 Å². The van der Waals surface area contributed by atoms with Crippen molar-refractivity contribution in [1.29, 1.82) is 0 Å². The van der Waals surface area contributed by atoms with Crippen LogP contribution in [0, 0.1) is 5.82 Å². The van der Waals surface area contributed by atoms with Gasteiger partial charge in [0, 0.05) is 6.54 Å². The van der Waals surface area contributed by atoms with Crippen LogP contribution in [-0.2, 0) is 4.79 Å². The fourth-order valence-electron chi connectivity index (χ4n) is 2.30. The molecule has 2 rings (SSSR count). The van der Waals surface area contributed by atoms with Gasteiger partial charge >= 0.3 is 0 Å². The Kier molecular flexibility index (Phi) is 4.31. The molecular formula is C14H19FN2O. The van der Waals surface area contributed by atoms with Gasteiger partial charge in [0.25, 0.3) is 0 Å². The number of nitrogens with zero attached hydrogens (tertiary/aromatic N) is 1. The molecular weight excluding hydrogens is 231 g/mol. The molecule has 3 nitrogen and oxygen atoms in total. The smallest absolute Gasteiger partial charge is 0.238 e. The Morgan fingerprint density at radius 1 is 1.44 bits per heavy atom. The van der Waals surface area contributed by atoms with E-state index in [0.717, 1.165) is 31.4 Å². The normalized spacial score (nSPS) is 19.6. The van der Waals surface area contributed by atoms with Crippen molar-refractivity contribution >= 4 is 5.91 Å². The van der Waals surface area contributed by atoms with Gasteiger partial charge < -0.3 is 4.90 Å². The summed E-state index contributed by atoms with van der Waals surface area (Å²) < 4.78 is 13.2. The van der Waals surface area contributed by atoms with Gasteiger partial charge in [-0.3, -0.25) is 10.1 Å². The number of halogens is 1. The molecule has 18 heavy (non-hydrogen) atoms. The molecule has 0 bridgehead atoms. The topological polar surface area (TPSA) is 32.3 Å². The Bertz CT molecular complexity index is 422. The Labute approximate surface area is 107 Å². The Balaban J connectivity index is 2.08. The first-order valence-electron chi connectivity index (χ1n) is 6.50. The molecule has 1 aromatic carbocycles. The standard InChI is InChI=1S/C14H19FN2O/c1-2-3-4-8-17-13(18)10-16-14(17)11-6-5-7-12(15)9-11/h5-7,9,14,16H,2-4,8,10H2,1H3. The van der Waals surface area contributed by atoms with Gasteiger partial charge in [-0.2, -0.15) is 0 Å². The van der Waals surface area contributed by atoms with Gasteiger partial charge in [0.05, 0.1) is 6.54 Å². The van der Waals surface area contributed by atoms with Crippen LogP contribution < -0.4 is 5.32 Å². The van der Waals surface area contributed by atoms with Crippen molar-refractivity contribution in [3.05, 3.63) is 35.6 Å². The molecule has 1 heterocycles.